The Balaban J connectivity index is 2.73. The number of hydrogen-bond acceptors (Lipinski definition) is 6. The third-order valence-electron chi connectivity index (χ3n) is 4.51. The molecule has 0 aromatic rings. The van der Waals surface area contributed by atoms with Crippen LogP contribution in [0.2, 0.25) is 0 Å². The van der Waals surface area contributed by atoms with E-state index in [0.29, 0.717) is 12.0 Å². The Morgan fingerprint density at radius 3 is 2.41 bits per heavy atom. The van der Waals surface area contributed by atoms with Crippen molar-refractivity contribution in [1.82, 2.24) is 5.06 Å². The fourth-order valence-corrected chi connectivity index (χ4v) is 3.27. The summed E-state index contributed by atoms with van der Waals surface area (Å²) >= 11 is 0. The predicted octanol–water partition coefficient (Wildman–Crippen LogP) is -0.0639. The highest BCUT2D eigenvalue weighted by molar-refractivity contribution is 6.05. The largest absolute Gasteiger partial charge is 0.386 e. The summed E-state index contributed by atoms with van der Waals surface area (Å²) in [6.45, 7) is 3.32. The average Bonchev–Trinajstić information content (AvgIpc) is 2.67. The maximum Gasteiger partial charge on any atom is 0.265 e. The van der Waals surface area contributed by atoms with Crippen molar-refractivity contribution in [3.63, 3.8) is 0 Å². The van der Waals surface area contributed by atoms with Gasteiger partial charge in [-0.25, -0.2) is 0 Å². The molecular weight excluding hydrogens is 290 g/mol. The van der Waals surface area contributed by atoms with Crippen molar-refractivity contribution in [2.75, 3.05) is 14.2 Å². The molecule has 0 bridgehead atoms. The molecule has 2 rings (SSSR count). The van der Waals surface area contributed by atoms with Gasteiger partial charge in [-0.05, 0) is 25.0 Å². The minimum atomic E-state index is -1.83. The van der Waals surface area contributed by atoms with Gasteiger partial charge in [0.25, 0.3) is 5.91 Å². The molecule has 2 aliphatic rings. The summed E-state index contributed by atoms with van der Waals surface area (Å²) < 4.78 is 5.28. The molecule has 1 fully saturated rings. The minimum absolute atomic E-state index is 0.377. The van der Waals surface area contributed by atoms with Gasteiger partial charge in [0, 0.05) is 7.11 Å². The summed E-state index contributed by atoms with van der Waals surface area (Å²) in [5.74, 6) is -1.35. The van der Waals surface area contributed by atoms with Gasteiger partial charge in [-0.3, -0.25) is 14.4 Å². The Morgan fingerprint density at radius 1 is 1.32 bits per heavy atom. The number of carbonyl (C=O) groups is 2. The second kappa shape index (κ2) is 5.58. The van der Waals surface area contributed by atoms with Crippen LogP contribution in [-0.2, 0) is 19.2 Å². The van der Waals surface area contributed by atoms with Crippen LogP contribution in [-0.4, -0.2) is 59.1 Å². The van der Waals surface area contributed by atoms with E-state index in [1.54, 1.807) is 6.08 Å². The van der Waals surface area contributed by atoms with E-state index >= 15 is 0 Å². The topological polar surface area (TPSA) is 96.3 Å². The van der Waals surface area contributed by atoms with Gasteiger partial charge in [-0.15, -0.1) is 0 Å². The summed E-state index contributed by atoms with van der Waals surface area (Å²) in [7, 11) is 2.58. The van der Waals surface area contributed by atoms with E-state index in [1.807, 2.05) is 6.92 Å². The fourth-order valence-electron chi connectivity index (χ4n) is 3.27. The average molecular weight is 311 g/mol. The molecule has 1 amide bonds. The van der Waals surface area contributed by atoms with E-state index in [1.165, 1.54) is 33.3 Å². The predicted molar refractivity (Wildman–Crippen MR) is 76.2 cm³/mol. The highest BCUT2D eigenvalue weighted by Gasteiger charge is 2.71. The molecular formula is C15H21NO6. The smallest absolute Gasteiger partial charge is 0.265 e. The monoisotopic (exact) mass is 311 g/mol. The van der Waals surface area contributed by atoms with Crippen LogP contribution in [0.15, 0.2) is 23.8 Å². The number of rotatable bonds is 3. The van der Waals surface area contributed by atoms with Crippen molar-refractivity contribution in [1.29, 1.82) is 0 Å². The second-order valence-electron chi connectivity index (χ2n) is 5.52. The molecule has 0 unspecified atom stereocenters. The van der Waals surface area contributed by atoms with E-state index < -0.39 is 35.0 Å². The zero-order valence-corrected chi connectivity index (χ0v) is 13.1. The van der Waals surface area contributed by atoms with E-state index in [9.17, 15) is 19.8 Å². The van der Waals surface area contributed by atoms with Gasteiger partial charge in [-0.2, -0.15) is 5.06 Å². The summed E-state index contributed by atoms with van der Waals surface area (Å²) in [4.78, 5) is 29.9. The maximum atomic E-state index is 12.9. The lowest BCUT2D eigenvalue weighted by Gasteiger charge is -2.39. The lowest BCUT2D eigenvalue weighted by atomic mass is 9.66. The summed E-state index contributed by atoms with van der Waals surface area (Å²) in [5.41, 5.74) is -2.98. The number of ether oxygens (including phenoxy) is 1. The van der Waals surface area contributed by atoms with E-state index in [-0.39, 0.29) is 0 Å². The number of amides is 1. The van der Waals surface area contributed by atoms with Crippen molar-refractivity contribution in [3.05, 3.63) is 23.8 Å². The van der Waals surface area contributed by atoms with Crippen molar-refractivity contribution in [2.45, 2.75) is 38.2 Å². The summed E-state index contributed by atoms with van der Waals surface area (Å²) in [6.07, 6.45) is 1.74. The number of hydroxylamine groups is 2. The van der Waals surface area contributed by atoms with Crippen molar-refractivity contribution < 1.29 is 29.4 Å². The van der Waals surface area contributed by atoms with Gasteiger partial charge >= 0.3 is 0 Å². The Hall–Kier alpha value is -1.54. The molecule has 0 aromatic heterocycles. The van der Waals surface area contributed by atoms with Crippen LogP contribution in [0.4, 0.5) is 0 Å². The number of methoxy groups -OCH3 is 1. The summed E-state index contributed by atoms with van der Waals surface area (Å²) in [5, 5.41) is 22.1. The molecule has 4 atom stereocenters. The van der Waals surface area contributed by atoms with Gasteiger partial charge in [0.05, 0.1) is 7.11 Å². The van der Waals surface area contributed by atoms with Crippen LogP contribution in [0.3, 0.4) is 0 Å². The van der Waals surface area contributed by atoms with Gasteiger partial charge in [0.2, 0.25) is 0 Å². The van der Waals surface area contributed by atoms with Crippen LogP contribution < -0.4 is 0 Å². The molecule has 1 spiro atoms. The normalized spacial score (nSPS) is 40.3. The fraction of sp³-hybridized carbons (Fsp3) is 0.600. The minimum Gasteiger partial charge on any atom is -0.386 e. The Morgan fingerprint density at radius 2 is 1.95 bits per heavy atom. The van der Waals surface area contributed by atoms with Crippen LogP contribution in [0.25, 0.3) is 0 Å². The molecule has 1 aliphatic carbocycles. The van der Waals surface area contributed by atoms with Crippen molar-refractivity contribution in [3.8, 4) is 0 Å². The standard InChI is InChI=1S/C15H21NO6/c1-5-6-9-7-8-10(17)11(18)15(9)12(19)14(2,21-3)16(22-4)13(15)20/h6-8,11-12,18-19H,5H2,1-4H3/b9-6-/t11-,12+,14-,15-/m1/s1. The molecule has 1 aliphatic heterocycles. The molecule has 7 nitrogen and oxygen atoms in total. The number of carbonyl (C=O) groups excluding carboxylic acids is 2. The van der Waals surface area contributed by atoms with Crippen LogP contribution in [0.1, 0.15) is 20.3 Å². The zero-order valence-electron chi connectivity index (χ0n) is 13.1. The molecule has 22 heavy (non-hydrogen) atoms. The Labute approximate surface area is 128 Å². The number of aliphatic hydroxyl groups is 2. The number of ketones is 1. The first-order valence-corrected chi connectivity index (χ1v) is 7.04. The molecule has 0 aromatic carbocycles. The molecule has 0 radical (unpaired) electrons. The number of allylic oxidation sites excluding steroid dienone is 2. The van der Waals surface area contributed by atoms with E-state index in [4.69, 9.17) is 9.57 Å². The highest BCUT2D eigenvalue weighted by atomic mass is 16.7. The van der Waals surface area contributed by atoms with E-state index in [2.05, 4.69) is 0 Å². The van der Waals surface area contributed by atoms with Crippen LogP contribution >= 0.6 is 0 Å². The highest BCUT2D eigenvalue weighted by Crippen LogP contribution is 2.52. The summed E-state index contributed by atoms with van der Waals surface area (Å²) in [6, 6.07) is 0. The molecule has 0 saturated carbocycles. The lowest BCUT2D eigenvalue weighted by molar-refractivity contribution is -0.273. The molecule has 2 N–H and O–H groups in total. The van der Waals surface area contributed by atoms with Gasteiger partial charge in [0.1, 0.15) is 17.6 Å². The van der Waals surface area contributed by atoms with Gasteiger partial charge in [0.15, 0.2) is 11.5 Å². The van der Waals surface area contributed by atoms with E-state index in [0.717, 1.165) is 5.06 Å². The third kappa shape index (κ3) is 1.83. The Kier molecular flexibility index (Phi) is 4.27. The molecule has 1 saturated heterocycles. The molecule has 122 valence electrons. The first-order chi connectivity index (χ1) is 10.3. The SMILES string of the molecule is CC/C=C1/C=CC(=O)[C@@H](O)[C@]12C(=O)N(OC)[C@](C)(OC)[C@@H]2O. The maximum absolute atomic E-state index is 12.9. The lowest BCUT2D eigenvalue weighted by Crippen LogP contribution is -2.56. The van der Waals surface area contributed by atoms with Gasteiger partial charge in [-0.1, -0.05) is 19.1 Å². The number of nitrogens with zero attached hydrogens (tertiary/aromatic N) is 1. The van der Waals surface area contributed by atoms with Gasteiger partial charge < -0.3 is 14.9 Å². The van der Waals surface area contributed by atoms with Crippen LogP contribution in [0.5, 0.6) is 0 Å². The Bertz CT molecular complexity index is 556. The number of aliphatic hydroxyl groups excluding tert-OH is 2. The first kappa shape index (κ1) is 16.8. The third-order valence-corrected chi connectivity index (χ3v) is 4.51. The second-order valence-corrected chi connectivity index (χ2v) is 5.52. The molecule has 1 heterocycles. The first-order valence-electron chi connectivity index (χ1n) is 7.04. The molecule has 7 heteroatoms. The van der Waals surface area contributed by atoms with Crippen molar-refractivity contribution >= 4 is 11.7 Å². The van der Waals surface area contributed by atoms with Crippen molar-refractivity contribution in [2.24, 2.45) is 5.41 Å². The zero-order chi connectivity index (χ0) is 16.7. The number of hydrogen-bond donors (Lipinski definition) is 2. The van der Waals surface area contributed by atoms with Crippen LogP contribution in [0, 0.1) is 5.41 Å². The quantitative estimate of drug-likeness (QED) is 0.758.